The molecule has 1 saturated heterocycles. The van der Waals surface area contributed by atoms with E-state index in [0.29, 0.717) is 37.3 Å². The van der Waals surface area contributed by atoms with Crippen LogP contribution in [0.15, 0.2) is 57.8 Å². The molecule has 29 heavy (non-hydrogen) atoms. The van der Waals surface area contributed by atoms with Gasteiger partial charge in [0.15, 0.2) is 0 Å². The number of hydrogen-bond acceptors (Lipinski definition) is 6. The van der Waals surface area contributed by atoms with Crippen LogP contribution in [0.4, 0.5) is 5.69 Å². The molecule has 8 nitrogen and oxygen atoms in total. The molecule has 1 aliphatic rings. The van der Waals surface area contributed by atoms with Crippen molar-refractivity contribution in [3.05, 3.63) is 54.3 Å². The first-order chi connectivity index (χ1) is 14.0. The van der Waals surface area contributed by atoms with Gasteiger partial charge in [0.2, 0.25) is 5.76 Å². The number of morpholine rings is 1. The SMILES string of the molecule is COc1ccccc1S(=O)(=O)Nc1c(C(=O)N2CCOCC2)oc2ccccc12. The molecule has 0 aliphatic carbocycles. The number of amides is 1. The van der Waals surface area contributed by atoms with Gasteiger partial charge in [-0.15, -0.1) is 0 Å². The summed E-state index contributed by atoms with van der Waals surface area (Å²) in [6.45, 7) is 1.67. The molecule has 2 aromatic carbocycles. The average molecular weight is 416 g/mol. The predicted octanol–water partition coefficient (Wildman–Crippen LogP) is 2.71. The largest absolute Gasteiger partial charge is 0.495 e. The van der Waals surface area contributed by atoms with Crippen molar-refractivity contribution in [1.29, 1.82) is 0 Å². The number of fused-ring (bicyclic) bond motifs is 1. The number of sulfonamides is 1. The van der Waals surface area contributed by atoms with Crippen LogP contribution < -0.4 is 9.46 Å². The maximum Gasteiger partial charge on any atom is 0.291 e. The highest BCUT2D eigenvalue weighted by Crippen LogP contribution is 2.35. The molecule has 0 atom stereocenters. The van der Waals surface area contributed by atoms with E-state index in [2.05, 4.69) is 4.72 Å². The van der Waals surface area contributed by atoms with Crippen molar-refractivity contribution < 1.29 is 27.1 Å². The quantitative estimate of drug-likeness (QED) is 0.687. The predicted molar refractivity (Wildman–Crippen MR) is 107 cm³/mol. The Morgan fingerprint density at radius 2 is 1.76 bits per heavy atom. The molecule has 3 aromatic rings. The van der Waals surface area contributed by atoms with E-state index >= 15 is 0 Å². The Balaban J connectivity index is 1.79. The zero-order chi connectivity index (χ0) is 20.4. The molecular formula is C20H20N2O6S. The number of carbonyl (C=O) groups excluding carboxylic acids is 1. The molecular weight excluding hydrogens is 396 g/mol. The fraction of sp³-hybridized carbons (Fsp3) is 0.250. The zero-order valence-corrected chi connectivity index (χ0v) is 16.6. The molecule has 1 aromatic heterocycles. The lowest BCUT2D eigenvalue weighted by Gasteiger charge is -2.26. The van der Waals surface area contributed by atoms with E-state index in [1.54, 1.807) is 47.4 Å². The van der Waals surface area contributed by atoms with Gasteiger partial charge in [-0.1, -0.05) is 24.3 Å². The van der Waals surface area contributed by atoms with Crippen LogP contribution in [0, 0.1) is 0 Å². The van der Waals surface area contributed by atoms with Crippen LogP contribution in [0.3, 0.4) is 0 Å². The van der Waals surface area contributed by atoms with Crippen molar-refractivity contribution in [1.82, 2.24) is 4.90 Å². The van der Waals surface area contributed by atoms with E-state index in [1.807, 2.05) is 0 Å². The van der Waals surface area contributed by atoms with Crippen LogP contribution in [0.25, 0.3) is 11.0 Å². The highest BCUT2D eigenvalue weighted by atomic mass is 32.2. The Hall–Kier alpha value is -3.04. The van der Waals surface area contributed by atoms with Crippen molar-refractivity contribution in [2.24, 2.45) is 0 Å². The molecule has 9 heteroatoms. The highest BCUT2D eigenvalue weighted by molar-refractivity contribution is 7.92. The topological polar surface area (TPSA) is 98.1 Å². The smallest absolute Gasteiger partial charge is 0.291 e. The number of benzene rings is 2. The van der Waals surface area contributed by atoms with Crippen molar-refractivity contribution in [2.45, 2.75) is 4.90 Å². The molecule has 4 rings (SSSR count). The van der Waals surface area contributed by atoms with Gasteiger partial charge in [0, 0.05) is 18.5 Å². The van der Waals surface area contributed by atoms with E-state index in [4.69, 9.17) is 13.9 Å². The minimum Gasteiger partial charge on any atom is -0.495 e. The number of ether oxygens (including phenoxy) is 2. The van der Waals surface area contributed by atoms with Gasteiger partial charge in [-0.25, -0.2) is 8.42 Å². The average Bonchev–Trinajstić information content (AvgIpc) is 3.11. The first kappa shape index (κ1) is 19.3. The second kappa shape index (κ2) is 7.76. The Morgan fingerprint density at radius 1 is 1.07 bits per heavy atom. The fourth-order valence-corrected chi connectivity index (χ4v) is 4.49. The third-order valence-corrected chi connectivity index (χ3v) is 6.07. The number of anilines is 1. The van der Waals surface area contributed by atoms with Gasteiger partial charge in [0.1, 0.15) is 21.9 Å². The van der Waals surface area contributed by atoms with Crippen LogP contribution in [0.1, 0.15) is 10.6 Å². The maximum absolute atomic E-state index is 13.1. The molecule has 0 saturated carbocycles. The summed E-state index contributed by atoms with van der Waals surface area (Å²) in [4.78, 5) is 14.6. The van der Waals surface area contributed by atoms with E-state index < -0.39 is 10.0 Å². The number of rotatable bonds is 5. The van der Waals surface area contributed by atoms with E-state index in [0.717, 1.165) is 0 Å². The lowest BCUT2D eigenvalue weighted by molar-refractivity contribution is 0.0285. The summed E-state index contributed by atoms with van der Waals surface area (Å²) in [5, 5.41) is 0.502. The molecule has 1 N–H and O–H groups in total. The fourth-order valence-electron chi connectivity index (χ4n) is 3.24. The van der Waals surface area contributed by atoms with Gasteiger partial charge in [0.05, 0.1) is 20.3 Å². The van der Waals surface area contributed by atoms with E-state index in [-0.39, 0.29) is 28.0 Å². The summed E-state index contributed by atoms with van der Waals surface area (Å²) >= 11 is 0. The summed E-state index contributed by atoms with van der Waals surface area (Å²) in [6, 6.07) is 13.2. The normalized spacial score (nSPS) is 14.7. The molecule has 2 heterocycles. The Morgan fingerprint density at radius 3 is 2.52 bits per heavy atom. The number of nitrogens with one attached hydrogen (secondary N) is 1. The second-order valence-electron chi connectivity index (χ2n) is 6.46. The van der Waals surface area contributed by atoms with Crippen molar-refractivity contribution in [3.63, 3.8) is 0 Å². The third-order valence-electron chi connectivity index (χ3n) is 4.68. The van der Waals surface area contributed by atoms with Crippen LogP contribution in [0.2, 0.25) is 0 Å². The number of methoxy groups -OCH3 is 1. The first-order valence-electron chi connectivity index (χ1n) is 9.05. The van der Waals surface area contributed by atoms with Gasteiger partial charge in [-0.3, -0.25) is 9.52 Å². The van der Waals surface area contributed by atoms with Crippen molar-refractivity contribution >= 4 is 32.6 Å². The number of furan rings is 1. The molecule has 0 radical (unpaired) electrons. The number of carbonyl (C=O) groups is 1. The first-order valence-corrected chi connectivity index (χ1v) is 10.5. The molecule has 152 valence electrons. The molecule has 1 amide bonds. The van der Waals surface area contributed by atoms with Crippen molar-refractivity contribution in [2.75, 3.05) is 38.1 Å². The molecule has 0 unspecified atom stereocenters. The summed E-state index contributed by atoms with van der Waals surface area (Å²) in [6.07, 6.45) is 0. The third kappa shape index (κ3) is 3.66. The molecule has 1 aliphatic heterocycles. The lowest BCUT2D eigenvalue weighted by Crippen LogP contribution is -2.40. The Bertz CT molecular complexity index is 1150. The molecule has 1 fully saturated rings. The van der Waals surface area contributed by atoms with Gasteiger partial charge >= 0.3 is 0 Å². The Kier molecular flexibility index (Phi) is 5.16. The zero-order valence-electron chi connectivity index (χ0n) is 15.8. The maximum atomic E-state index is 13.1. The highest BCUT2D eigenvalue weighted by Gasteiger charge is 2.30. The van der Waals surface area contributed by atoms with Crippen LogP contribution in [0.5, 0.6) is 5.75 Å². The molecule has 0 bridgehead atoms. The van der Waals surface area contributed by atoms with Gasteiger partial charge in [0.25, 0.3) is 15.9 Å². The van der Waals surface area contributed by atoms with Gasteiger partial charge in [-0.2, -0.15) is 0 Å². The van der Waals surface area contributed by atoms with Crippen LogP contribution in [-0.4, -0.2) is 52.6 Å². The summed E-state index contributed by atoms with van der Waals surface area (Å²) < 4.78 is 45.0. The van der Waals surface area contributed by atoms with E-state index in [1.165, 1.54) is 13.2 Å². The van der Waals surface area contributed by atoms with Crippen LogP contribution >= 0.6 is 0 Å². The Labute approximate surface area is 168 Å². The van der Waals surface area contributed by atoms with Crippen LogP contribution in [-0.2, 0) is 14.8 Å². The van der Waals surface area contributed by atoms with E-state index in [9.17, 15) is 13.2 Å². The summed E-state index contributed by atoms with van der Waals surface area (Å²) in [7, 11) is -2.64. The van der Waals surface area contributed by atoms with Gasteiger partial charge < -0.3 is 18.8 Å². The second-order valence-corrected chi connectivity index (χ2v) is 8.11. The van der Waals surface area contributed by atoms with Gasteiger partial charge in [-0.05, 0) is 24.3 Å². The number of hydrogen-bond donors (Lipinski definition) is 1. The molecule has 0 spiro atoms. The lowest BCUT2D eigenvalue weighted by atomic mass is 10.2. The minimum absolute atomic E-state index is 0.0300. The number of nitrogens with zero attached hydrogens (tertiary/aromatic N) is 1. The summed E-state index contributed by atoms with van der Waals surface area (Å²) in [5.41, 5.74) is 0.532. The van der Waals surface area contributed by atoms with Crippen molar-refractivity contribution in [3.8, 4) is 5.75 Å². The monoisotopic (exact) mass is 416 g/mol. The number of para-hydroxylation sites is 2. The minimum atomic E-state index is -4.03. The standard InChI is InChI=1S/C20H20N2O6S/c1-26-16-8-4-5-9-17(16)29(24,25)21-18-14-6-2-3-7-15(14)28-19(18)20(23)22-10-12-27-13-11-22/h2-9,21H,10-13H2,1H3. The summed E-state index contributed by atoms with van der Waals surface area (Å²) in [5.74, 6) is -0.234.